The zero-order valence-corrected chi connectivity index (χ0v) is 13.3. The Morgan fingerprint density at radius 3 is 2.55 bits per heavy atom. The summed E-state index contributed by atoms with van der Waals surface area (Å²) in [6.07, 6.45) is 0.267. The predicted molar refractivity (Wildman–Crippen MR) is 89.2 cm³/mol. The molecule has 2 rings (SSSR count). The van der Waals surface area contributed by atoms with E-state index in [0.29, 0.717) is 6.54 Å². The number of benzene rings is 2. The summed E-state index contributed by atoms with van der Waals surface area (Å²) >= 11 is 0. The molecule has 0 aliphatic rings. The molecular weight excluding hydrogens is 276 g/mol. The van der Waals surface area contributed by atoms with Gasteiger partial charge in [-0.3, -0.25) is 4.79 Å². The largest absolute Gasteiger partial charge is 0.508 e. The van der Waals surface area contributed by atoms with Crippen LogP contribution in [0.5, 0.6) is 5.75 Å². The van der Waals surface area contributed by atoms with Gasteiger partial charge >= 0.3 is 0 Å². The van der Waals surface area contributed by atoms with E-state index in [1.807, 2.05) is 26.2 Å². The van der Waals surface area contributed by atoms with Crippen molar-refractivity contribution in [2.75, 3.05) is 19.0 Å². The van der Waals surface area contributed by atoms with Gasteiger partial charge in [0.15, 0.2) is 0 Å². The first-order chi connectivity index (χ1) is 10.5. The van der Waals surface area contributed by atoms with Crippen LogP contribution < -0.4 is 10.2 Å². The number of anilines is 1. The molecule has 0 spiro atoms. The van der Waals surface area contributed by atoms with Crippen LogP contribution in [0.25, 0.3) is 0 Å². The van der Waals surface area contributed by atoms with E-state index >= 15 is 0 Å². The zero-order chi connectivity index (χ0) is 16.1. The SMILES string of the molecule is Cc1cc(CNC(=O)Cc2cccc(O)c2)ccc1N(C)C. The molecule has 0 saturated carbocycles. The first kappa shape index (κ1) is 15.9. The highest BCUT2D eigenvalue weighted by Crippen LogP contribution is 2.19. The van der Waals surface area contributed by atoms with Gasteiger partial charge < -0.3 is 15.3 Å². The number of hydrogen-bond donors (Lipinski definition) is 2. The lowest BCUT2D eigenvalue weighted by Crippen LogP contribution is -2.24. The number of aromatic hydroxyl groups is 1. The Hall–Kier alpha value is -2.49. The third kappa shape index (κ3) is 4.25. The van der Waals surface area contributed by atoms with E-state index in [0.717, 1.165) is 11.1 Å². The number of rotatable bonds is 5. The van der Waals surface area contributed by atoms with Crippen LogP contribution >= 0.6 is 0 Å². The summed E-state index contributed by atoms with van der Waals surface area (Å²) in [7, 11) is 4.03. The fourth-order valence-electron chi connectivity index (χ4n) is 2.44. The van der Waals surface area contributed by atoms with Crippen molar-refractivity contribution >= 4 is 11.6 Å². The van der Waals surface area contributed by atoms with E-state index in [2.05, 4.69) is 29.3 Å². The van der Waals surface area contributed by atoms with Gasteiger partial charge in [0, 0.05) is 26.3 Å². The van der Waals surface area contributed by atoms with E-state index < -0.39 is 0 Å². The molecule has 0 bridgehead atoms. The Bertz CT molecular complexity index is 666. The van der Waals surface area contributed by atoms with Crippen LogP contribution in [-0.4, -0.2) is 25.1 Å². The maximum atomic E-state index is 12.0. The number of nitrogens with zero attached hydrogens (tertiary/aromatic N) is 1. The van der Waals surface area contributed by atoms with Gasteiger partial charge in [-0.25, -0.2) is 0 Å². The van der Waals surface area contributed by atoms with E-state index in [9.17, 15) is 9.90 Å². The molecule has 2 N–H and O–H groups in total. The highest BCUT2D eigenvalue weighted by Gasteiger charge is 2.06. The van der Waals surface area contributed by atoms with Crippen molar-refractivity contribution in [3.05, 3.63) is 59.2 Å². The Balaban J connectivity index is 1.92. The lowest BCUT2D eigenvalue weighted by atomic mass is 10.1. The summed E-state index contributed by atoms with van der Waals surface area (Å²) in [4.78, 5) is 14.0. The molecule has 0 aliphatic heterocycles. The summed E-state index contributed by atoms with van der Waals surface area (Å²) in [6, 6.07) is 12.9. The molecule has 2 aromatic rings. The minimum absolute atomic E-state index is 0.0556. The van der Waals surface area contributed by atoms with Crippen LogP contribution in [0, 0.1) is 6.92 Å². The highest BCUT2D eigenvalue weighted by atomic mass is 16.3. The number of carbonyl (C=O) groups excluding carboxylic acids is 1. The van der Waals surface area contributed by atoms with Gasteiger partial charge in [-0.1, -0.05) is 24.3 Å². The monoisotopic (exact) mass is 298 g/mol. The molecule has 4 heteroatoms. The quantitative estimate of drug-likeness (QED) is 0.892. The summed E-state index contributed by atoms with van der Waals surface area (Å²) < 4.78 is 0. The van der Waals surface area contributed by atoms with Crippen molar-refractivity contribution in [1.29, 1.82) is 0 Å². The smallest absolute Gasteiger partial charge is 0.224 e. The Morgan fingerprint density at radius 1 is 1.14 bits per heavy atom. The molecule has 0 unspecified atom stereocenters. The van der Waals surface area contributed by atoms with Crippen LogP contribution in [0.15, 0.2) is 42.5 Å². The Labute approximate surface area is 131 Å². The molecule has 0 aromatic heterocycles. The highest BCUT2D eigenvalue weighted by molar-refractivity contribution is 5.78. The fourth-order valence-corrected chi connectivity index (χ4v) is 2.44. The summed E-state index contributed by atoms with van der Waals surface area (Å²) in [5.74, 6) is 0.125. The average molecular weight is 298 g/mol. The average Bonchev–Trinajstić information content (AvgIpc) is 2.45. The summed E-state index contributed by atoms with van der Waals surface area (Å²) in [5, 5.41) is 12.3. The standard InChI is InChI=1S/C18H22N2O2/c1-13-9-15(7-8-17(13)20(2)3)12-19-18(22)11-14-5-4-6-16(21)10-14/h4-10,21H,11-12H2,1-3H3,(H,19,22). The molecule has 1 amide bonds. The lowest BCUT2D eigenvalue weighted by Gasteiger charge is -2.16. The van der Waals surface area contributed by atoms with Gasteiger partial charge in [-0.15, -0.1) is 0 Å². The first-order valence-electron chi connectivity index (χ1n) is 7.27. The molecule has 0 fully saturated rings. The van der Waals surface area contributed by atoms with E-state index in [-0.39, 0.29) is 18.1 Å². The molecular formula is C18H22N2O2. The van der Waals surface area contributed by atoms with Gasteiger partial charge in [0.05, 0.1) is 6.42 Å². The van der Waals surface area contributed by atoms with Crippen molar-refractivity contribution < 1.29 is 9.90 Å². The van der Waals surface area contributed by atoms with E-state index in [1.54, 1.807) is 18.2 Å². The number of amides is 1. The normalized spacial score (nSPS) is 10.3. The third-order valence-electron chi connectivity index (χ3n) is 3.51. The maximum absolute atomic E-state index is 12.0. The van der Waals surface area contributed by atoms with E-state index in [1.165, 1.54) is 11.3 Å². The minimum Gasteiger partial charge on any atom is -0.508 e. The Kier molecular flexibility index (Phi) is 5.04. The molecule has 0 heterocycles. The maximum Gasteiger partial charge on any atom is 0.224 e. The molecule has 2 aromatic carbocycles. The number of aryl methyl sites for hydroxylation is 1. The molecule has 0 aliphatic carbocycles. The van der Waals surface area contributed by atoms with E-state index in [4.69, 9.17) is 0 Å². The van der Waals surface area contributed by atoms with Crippen molar-refractivity contribution in [2.24, 2.45) is 0 Å². The molecule has 116 valence electrons. The number of carbonyl (C=O) groups is 1. The van der Waals surface area contributed by atoms with Crippen LogP contribution in [0.3, 0.4) is 0 Å². The minimum atomic E-state index is -0.0556. The molecule has 0 radical (unpaired) electrons. The second-order valence-electron chi connectivity index (χ2n) is 5.64. The molecule has 22 heavy (non-hydrogen) atoms. The summed E-state index contributed by atoms with van der Waals surface area (Å²) in [6.45, 7) is 2.57. The van der Waals surface area contributed by atoms with Gasteiger partial charge in [-0.2, -0.15) is 0 Å². The van der Waals surface area contributed by atoms with Crippen LogP contribution in [-0.2, 0) is 17.8 Å². The number of hydrogen-bond acceptors (Lipinski definition) is 3. The second kappa shape index (κ2) is 6.98. The number of phenolic OH excluding ortho intramolecular Hbond substituents is 1. The topological polar surface area (TPSA) is 52.6 Å². The van der Waals surface area contributed by atoms with Crippen LogP contribution in [0.4, 0.5) is 5.69 Å². The Morgan fingerprint density at radius 2 is 1.91 bits per heavy atom. The predicted octanol–water partition coefficient (Wildman–Crippen LogP) is 2.63. The van der Waals surface area contributed by atoms with Crippen LogP contribution in [0.2, 0.25) is 0 Å². The van der Waals surface area contributed by atoms with Crippen molar-refractivity contribution in [3.63, 3.8) is 0 Å². The number of phenols is 1. The fraction of sp³-hybridized carbons (Fsp3) is 0.278. The molecule has 0 saturated heterocycles. The second-order valence-corrected chi connectivity index (χ2v) is 5.64. The lowest BCUT2D eigenvalue weighted by molar-refractivity contribution is -0.120. The van der Waals surface area contributed by atoms with Crippen LogP contribution in [0.1, 0.15) is 16.7 Å². The van der Waals surface area contributed by atoms with Crippen molar-refractivity contribution in [2.45, 2.75) is 19.9 Å². The van der Waals surface area contributed by atoms with Gasteiger partial charge in [0.25, 0.3) is 0 Å². The molecule has 4 nitrogen and oxygen atoms in total. The van der Waals surface area contributed by atoms with Crippen molar-refractivity contribution in [1.82, 2.24) is 5.32 Å². The molecule has 0 atom stereocenters. The van der Waals surface area contributed by atoms with Gasteiger partial charge in [-0.05, 0) is 41.8 Å². The van der Waals surface area contributed by atoms with Crippen molar-refractivity contribution in [3.8, 4) is 5.75 Å². The first-order valence-corrected chi connectivity index (χ1v) is 7.27. The number of nitrogens with one attached hydrogen (secondary N) is 1. The zero-order valence-electron chi connectivity index (χ0n) is 13.3. The van der Waals surface area contributed by atoms with Gasteiger partial charge in [0.2, 0.25) is 5.91 Å². The summed E-state index contributed by atoms with van der Waals surface area (Å²) in [5.41, 5.74) is 4.24. The third-order valence-corrected chi connectivity index (χ3v) is 3.51. The van der Waals surface area contributed by atoms with Gasteiger partial charge in [0.1, 0.15) is 5.75 Å².